The van der Waals surface area contributed by atoms with Crippen molar-refractivity contribution in [2.75, 3.05) is 23.8 Å². The lowest BCUT2D eigenvalue weighted by atomic mass is 10.1. The van der Waals surface area contributed by atoms with Gasteiger partial charge in [0.25, 0.3) is 11.8 Å². The van der Waals surface area contributed by atoms with Gasteiger partial charge in [0.05, 0.1) is 69.3 Å². The van der Waals surface area contributed by atoms with Crippen molar-refractivity contribution >= 4 is 103 Å². The van der Waals surface area contributed by atoms with E-state index < -0.39 is 47.3 Å². The molecule has 53 heavy (non-hydrogen) atoms. The predicted octanol–water partition coefficient (Wildman–Crippen LogP) is 9.19. The highest BCUT2D eigenvalue weighted by Crippen LogP contribution is 2.33. The zero-order chi connectivity index (χ0) is 39.2. The third-order valence-electron chi connectivity index (χ3n) is 7.05. The Morgan fingerprint density at radius 1 is 0.717 bits per heavy atom. The van der Waals surface area contributed by atoms with E-state index >= 15 is 0 Å². The van der Waals surface area contributed by atoms with Crippen LogP contribution in [0.5, 0.6) is 0 Å². The second-order valence-corrected chi connectivity index (χ2v) is 14.4. The zero-order valence-electron chi connectivity index (χ0n) is 28.0. The molecular formula is C35H34Cl2F4I2N4O6. The van der Waals surface area contributed by atoms with Gasteiger partial charge in [0.2, 0.25) is 0 Å². The first-order chi connectivity index (χ1) is 25.1. The number of hydroxylamine groups is 2. The number of carbonyl (C=O) groups excluding carboxylic acids is 2. The van der Waals surface area contributed by atoms with E-state index in [1.54, 1.807) is 43.3 Å². The standard InChI is InChI=1S/C18H18ClF2IN2O3.C17H16ClF2IN2O3/c1-2-11(25)7-8-27-24-18(26)12-4-5-14(20)16(21)17(12)23-15-6-3-10(22)9-13(15)19;1-9(24)6-7-26-23-17(25)11-3-4-13(19)15(20)16(11)22-14-5-2-10(21)8-12(14)18/h3-6,9,11,23,25H,2,7-8H2,1H3,(H,24,26);2-5,8-9,22,24H,6-7H2,1H3,(H,23,25). The molecule has 4 rings (SSSR count). The van der Waals surface area contributed by atoms with E-state index in [0.29, 0.717) is 40.7 Å². The van der Waals surface area contributed by atoms with Gasteiger partial charge in [0.1, 0.15) is 0 Å². The Kier molecular flexibility index (Phi) is 18.3. The minimum absolute atomic E-state index is 0.0682. The number of halogens is 8. The van der Waals surface area contributed by atoms with Crippen LogP contribution >= 0.6 is 68.4 Å². The van der Waals surface area contributed by atoms with Crippen LogP contribution in [0.4, 0.5) is 40.3 Å². The normalized spacial score (nSPS) is 11.9. The number of rotatable bonds is 15. The first-order valence-electron chi connectivity index (χ1n) is 15.7. The molecule has 4 aromatic rings. The zero-order valence-corrected chi connectivity index (χ0v) is 33.8. The number of benzene rings is 4. The third kappa shape index (κ3) is 13.7. The van der Waals surface area contributed by atoms with Crippen LogP contribution in [0.25, 0.3) is 0 Å². The molecule has 0 saturated carbocycles. The summed E-state index contributed by atoms with van der Waals surface area (Å²) >= 11 is 16.3. The van der Waals surface area contributed by atoms with Crippen molar-refractivity contribution < 1.29 is 47.0 Å². The molecule has 0 aromatic heterocycles. The maximum atomic E-state index is 14.3. The lowest BCUT2D eigenvalue weighted by Gasteiger charge is -2.15. The Bertz CT molecular complexity index is 1900. The summed E-state index contributed by atoms with van der Waals surface area (Å²) in [6, 6.07) is 13.9. The van der Waals surface area contributed by atoms with E-state index in [9.17, 15) is 32.3 Å². The molecule has 2 amide bonds. The molecule has 0 aliphatic carbocycles. The highest BCUT2D eigenvalue weighted by Gasteiger charge is 2.22. The van der Waals surface area contributed by atoms with Crippen LogP contribution in [0.1, 0.15) is 53.8 Å². The second-order valence-electron chi connectivity index (χ2n) is 11.1. The Balaban J connectivity index is 0.000000286. The fourth-order valence-corrected chi connectivity index (χ4v) is 5.95. The summed E-state index contributed by atoms with van der Waals surface area (Å²) in [6.07, 6.45) is 0.0748. The topological polar surface area (TPSA) is 141 Å². The minimum atomic E-state index is -1.21. The molecule has 2 unspecified atom stereocenters. The van der Waals surface area contributed by atoms with E-state index in [0.717, 1.165) is 31.4 Å². The molecule has 0 bridgehead atoms. The van der Waals surface area contributed by atoms with Crippen LogP contribution in [0.15, 0.2) is 60.7 Å². The summed E-state index contributed by atoms with van der Waals surface area (Å²) in [5.74, 6) is -6.17. The highest BCUT2D eigenvalue weighted by atomic mass is 127. The van der Waals surface area contributed by atoms with Crippen molar-refractivity contribution in [3.63, 3.8) is 0 Å². The molecule has 0 fully saturated rings. The van der Waals surface area contributed by atoms with Crippen molar-refractivity contribution in [2.24, 2.45) is 0 Å². The summed E-state index contributed by atoms with van der Waals surface area (Å²) in [5, 5.41) is 24.5. The molecule has 0 heterocycles. The smallest absolute Gasteiger partial charge is 0.277 e. The van der Waals surface area contributed by atoms with Crippen LogP contribution in [-0.2, 0) is 9.68 Å². The van der Waals surface area contributed by atoms with Gasteiger partial charge in [-0.1, -0.05) is 30.1 Å². The van der Waals surface area contributed by atoms with E-state index in [1.165, 1.54) is 0 Å². The van der Waals surface area contributed by atoms with Gasteiger partial charge in [-0.2, -0.15) is 0 Å². The summed E-state index contributed by atoms with van der Waals surface area (Å²) < 4.78 is 57.7. The monoisotopic (exact) mass is 1010 g/mol. The Hall–Kier alpha value is -2.98. The van der Waals surface area contributed by atoms with Crippen molar-refractivity contribution in [1.29, 1.82) is 0 Å². The molecule has 0 spiro atoms. The maximum Gasteiger partial charge on any atom is 0.277 e. The average Bonchev–Trinajstić information content (AvgIpc) is 3.11. The number of hydrogen-bond donors (Lipinski definition) is 6. The van der Waals surface area contributed by atoms with Gasteiger partial charge in [-0.3, -0.25) is 19.3 Å². The van der Waals surface area contributed by atoms with Gasteiger partial charge < -0.3 is 20.8 Å². The molecule has 0 aliphatic rings. The third-order valence-corrected chi connectivity index (χ3v) is 9.02. The van der Waals surface area contributed by atoms with E-state index in [1.807, 2.05) is 6.92 Å². The van der Waals surface area contributed by atoms with Gasteiger partial charge in [-0.15, -0.1) is 0 Å². The van der Waals surface area contributed by atoms with Crippen LogP contribution < -0.4 is 21.6 Å². The fraction of sp³-hybridized carbons (Fsp3) is 0.257. The SMILES string of the molecule is CC(O)CCONC(=O)c1ccc(F)c(F)c1Nc1ccc(I)cc1Cl.CCC(O)CCONC(=O)c1ccc(F)c(F)c1Nc1ccc(I)cc1Cl. The Labute approximate surface area is 340 Å². The lowest BCUT2D eigenvalue weighted by molar-refractivity contribution is 0.0161. The fourth-order valence-electron chi connectivity index (χ4n) is 4.15. The number of hydrogen-bond acceptors (Lipinski definition) is 8. The first-order valence-corrected chi connectivity index (χ1v) is 18.6. The van der Waals surface area contributed by atoms with Crippen molar-refractivity contribution in [1.82, 2.24) is 11.0 Å². The molecule has 4 aromatic carbocycles. The van der Waals surface area contributed by atoms with E-state index in [2.05, 4.69) is 66.8 Å². The number of nitrogens with one attached hydrogen (secondary N) is 4. The summed E-state index contributed by atoms with van der Waals surface area (Å²) in [7, 11) is 0. The predicted molar refractivity (Wildman–Crippen MR) is 212 cm³/mol. The lowest BCUT2D eigenvalue weighted by Crippen LogP contribution is -2.26. The number of anilines is 4. The number of carbonyl (C=O) groups is 2. The quantitative estimate of drug-likeness (QED) is 0.0300. The molecule has 0 aliphatic heterocycles. The van der Waals surface area contributed by atoms with Gasteiger partial charge in [-0.25, -0.2) is 28.5 Å². The van der Waals surface area contributed by atoms with Gasteiger partial charge in [-0.05, 0) is 132 Å². The van der Waals surface area contributed by atoms with Crippen molar-refractivity contribution in [2.45, 2.75) is 45.3 Å². The molecule has 0 radical (unpaired) electrons. The Morgan fingerprint density at radius 3 is 1.51 bits per heavy atom. The highest BCUT2D eigenvalue weighted by molar-refractivity contribution is 14.1. The largest absolute Gasteiger partial charge is 0.393 e. The number of aliphatic hydroxyl groups excluding tert-OH is 2. The van der Waals surface area contributed by atoms with E-state index in [-0.39, 0.29) is 35.7 Å². The van der Waals surface area contributed by atoms with E-state index in [4.69, 9.17) is 38.0 Å². The van der Waals surface area contributed by atoms with Gasteiger partial charge in [0, 0.05) is 7.14 Å². The van der Waals surface area contributed by atoms with Crippen LogP contribution in [0.2, 0.25) is 10.0 Å². The van der Waals surface area contributed by atoms with Crippen molar-refractivity contribution in [3.8, 4) is 0 Å². The first kappa shape index (κ1) is 44.4. The molecule has 286 valence electrons. The maximum absolute atomic E-state index is 14.3. The molecule has 6 N–H and O–H groups in total. The minimum Gasteiger partial charge on any atom is -0.393 e. The summed E-state index contributed by atoms with van der Waals surface area (Å²) in [4.78, 5) is 34.5. The number of aliphatic hydroxyl groups is 2. The van der Waals surface area contributed by atoms with Crippen molar-refractivity contribution in [3.05, 3.63) is 112 Å². The molecule has 18 heteroatoms. The number of amides is 2. The Morgan fingerprint density at radius 2 is 1.13 bits per heavy atom. The molecule has 10 nitrogen and oxygen atoms in total. The van der Waals surface area contributed by atoms with Gasteiger partial charge >= 0.3 is 0 Å². The molecule has 0 saturated heterocycles. The second kappa shape index (κ2) is 21.8. The van der Waals surface area contributed by atoms with Gasteiger partial charge in [0.15, 0.2) is 23.3 Å². The van der Waals surface area contributed by atoms with Crippen LogP contribution in [0, 0.1) is 30.4 Å². The van der Waals surface area contributed by atoms with Crippen LogP contribution in [-0.4, -0.2) is 47.4 Å². The van der Waals surface area contributed by atoms with Crippen LogP contribution in [0.3, 0.4) is 0 Å². The molecular weight excluding hydrogens is 973 g/mol. The average molecular weight is 1010 g/mol. The summed E-state index contributed by atoms with van der Waals surface area (Å²) in [5.41, 5.74) is 3.92. The summed E-state index contributed by atoms with van der Waals surface area (Å²) in [6.45, 7) is 3.54. The molecule has 2 atom stereocenters.